The van der Waals surface area contributed by atoms with Gasteiger partial charge in [-0.2, -0.15) is 4.98 Å². The summed E-state index contributed by atoms with van der Waals surface area (Å²) in [6, 6.07) is 14.7. The third-order valence-electron chi connectivity index (χ3n) is 5.45. The molecule has 0 saturated heterocycles. The fraction of sp³-hybridized carbons (Fsp3) is 0.304. The average molecular weight is 440 g/mol. The van der Waals surface area contributed by atoms with Gasteiger partial charge < -0.3 is 16.0 Å². The minimum absolute atomic E-state index is 0.179. The molecule has 3 N–H and O–H groups in total. The lowest BCUT2D eigenvalue weighted by molar-refractivity contribution is 0.482. The molecule has 0 spiro atoms. The first-order chi connectivity index (χ1) is 14.3. The zero-order chi connectivity index (χ0) is 21.3. The Balaban J connectivity index is 1.59. The molecule has 1 aromatic heterocycles. The Kier molecular flexibility index (Phi) is 5.86. The van der Waals surface area contributed by atoms with Crippen LogP contribution in [0.2, 0.25) is 5.02 Å². The van der Waals surface area contributed by atoms with Crippen molar-refractivity contribution in [3.8, 4) is 0 Å². The van der Waals surface area contributed by atoms with Gasteiger partial charge in [-0.15, -0.1) is 0 Å². The molecule has 0 saturated carbocycles. The maximum atomic E-state index is 6.39. The summed E-state index contributed by atoms with van der Waals surface area (Å²) >= 11 is 6.39. The van der Waals surface area contributed by atoms with Gasteiger partial charge in [-0.3, -0.25) is 0 Å². The Morgan fingerprint density at radius 3 is 2.70 bits per heavy atom. The van der Waals surface area contributed by atoms with Crippen LogP contribution >= 0.6 is 19.5 Å². The Labute approximate surface area is 184 Å². The number of rotatable bonds is 5. The molecule has 0 aliphatic carbocycles. The summed E-state index contributed by atoms with van der Waals surface area (Å²) in [5.74, 6) is 1.10. The van der Waals surface area contributed by atoms with Gasteiger partial charge in [-0.1, -0.05) is 57.6 Å². The second kappa shape index (κ2) is 8.41. The van der Waals surface area contributed by atoms with Crippen molar-refractivity contribution in [2.45, 2.75) is 25.7 Å². The summed E-state index contributed by atoms with van der Waals surface area (Å²) < 4.78 is 0. The monoisotopic (exact) mass is 439 g/mol. The summed E-state index contributed by atoms with van der Waals surface area (Å²) in [6.45, 7) is 10.0. The fourth-order valence-corrected chi connectivity index (χ4v) is 4.88. The van der Waals surface area contributed by atoms with E-state index < -0.39 is 0 Å². The Bertz CT molecular complexity index is 1070. The van der Waals surface area contributed by atoms with Gasteiger partial charge in [0.25, 0.3) is 0 Å². The summed E-state index contributed by atoms with van der Waals surface area (Å²) in [4.78, 5) is 8.99. The zero-order valence-electron chi connectivity index (χ0n) is 17.8. The highest BCUT2D eigenvalue weighted by Crippen LogP contribution is 2.38. The van der Waals surface area contributed by atoms with Crippen LogP contribution in [0.25, 0.3) is 0 Å². The lowest BCUT2D eigenvalue weighted by Gasteiger charge is -2.33. The van der Waals surface area contributed by atoms with Crippen LogP contribution in [0, 0.1) is 0 Å². The van der Waals surface area contributed by atoms with Crippen molar-refractivity contribution in [1.82, 2.24) is 9.97 Å². The number of nitrogens with zero attached hydrogens (tertiary/aromatic N) is 2. The summed E-state index contributed by atoms with van der Waals surface area (Å²) in [7, 11) is -0.254. The maximum Gasteiger partial charge on any atom is 0.229 e. The summed E-state index contributed by atoms with van der Waals surface area (Å²) in [6.07, 6.45) is 2.75. The van der Waals surface area contributed by atoms with Crippen molar-refractivity contribution < 1.29 is 0 Å². The molecule has 0 amide bonds. The van der Waals surface area contributed by atoms with E-state index in [1.54, 1.807) is 6.20 Å². The first-order valence-corrected chi connectivity index (χ1v) is 12.7. The van der Waals surface area contributed by atoms with Crippen LogP contribution in [0.1, 0.15) is 25.8 Å². The molecule has 0 unspecified atom stereocenters. The quantitative estimate of drug-likeness (QED) is 0.421. The molecular weight excluding hydrogens is 413 g/mol. The number of hydrogen-bond acceptors (Lipinski definition) is 5. The Morgan fingerprint density at radius 2 is 1.90 bits per heavy atom. The van der Waals surface area contributed by atoms with E-state index in [9.17, 15) is 0 Å². The SMILES string of the molecule is CP(C)c1ccccc1Nc1nc(Nc2ccc3c(c2)NCCC3(C)C)ncc1Cl. The van der Waals surface area contributed by atoms with Crippen molar-refractivity contribution in [2.24, 2.45) is 0 Å². The molecule has 4 rings (SSSR count). The molecule has 7 heteroatoms. The number of aromatic nitrogens is 2. The van der Waals surface area contributed by atoms with Gasteiger partial charge in [-0.25, -0.2) is 4.98 Å². The normalized spacial score (nSPS) is 14.7. The van der Waals surface area contributed by atoms with Crippen molar-refractivity contribution >= 4 is 53.7 Å². The van der Waals surface area contributed by atoms with Gasteiger partial charge in [0.15, 0.2) is 5.82 Å². The molecule has 2 heterocycles. The van der Waals surface area contributed by atoms with Crippen LogP contribution in [0.3, 0.4) is 0 Å². The van der Waals surface area contributed by atoms with Gasteiger partial charge in [-0.05, 0) is 54.2 Å². The van der Waals surface area contributed by atoms with E-state index in [0.29, 0.717) is 16.8 Å². The lowest BCUT2D eigenvalue weighted by Crippen LogP contribution is -2.28. The molecule has 1 aliphatic heterocycles. The van der Waals surface area contributed by atoms with Crippen molar-refractivity contribution in [1.29, 1.82) is 0 Å². The van der Waals surface area contributed by atoms with Gasteiger partial charge in [0.2, 0.25) is 5.95 Å². The molecule has 1 aliphatic rings. The van der Waals surface area contributed by atoms with Crippen LogP contribution in [-0.4, -0.2) is 29.8 Å². The minimum Gasteiger partial charge on any atom is -0.385 e. The highest BCUT2D eigenvalue weighted by atomic mass is 35.5. The van der Waals surface area contributed by atoms with Crippen molar-refractivity contribution in [3.63, 3.8) is 0 Å². The Morgan fingerprint density at radius 1 is 1.10 bits per heavy atom. The number of anilines is 5. The number of nitrogens with one attached hydrogen (secondary N) is 3. The van der Waals surface area contributed by atoms with Crippen LogP contribution in [0.4, 0.5) is 28.8 Å². The third kappa shape index (κ3) is 4.38. The first-order valence-electron chi connectivity index (χ1n) is 10.0. The molecule has 2 aromatic carbocycles. The number of hydrogen-bond donors (Lipinski definition) is 3. The molecule has 0 fully saturated rings. The molecule has 0 atom stereocenters. The Hall–Kier alpha value is -2.36. The van der Waals surface area contributed by atoms with Crippen LogP contribution < -0.4 is 21.3 Å². The number of benzene rings is 2. The first kappa shape index (κ1) is 20.9. The molecular formula is C23H27ClN5P. The highest BCUT2D eigenvalue weighted by Gasteiger charge is 2.27. The highest BCUT2D eigenvalue weighted by molar-refractivity contribution is 7.64. The topological polar surface area (TPSA) is 61.9 Å². The molecule has 0 radical (unpaired) electrons. The number of para-hydroxylation sites is 1. The second-order valence-corrected chi connectivity index (χ2v) is 11.1. The van der Waals surface area contributed by atoms with Crippen molar-refractivity contribution in [3.05, 3.63) is 59.2 Å². The fourth-order valence-electron chi connectivity index (χ4n) is 3.74. The van der Waals surface area contributed by atoms with Gasteiger partial charge in [0.05, 0.1) is 6.20 Å². The minimum atomic E-state index is -0.254. The standard InChI is InChI=1S/C23H27ClN5P/c1-23(2)11-12-25-19-13-15(9-10-16(19)23)27-22-26-14-17(24)21(29-22)28-18-7-5-6-8-20(18)30(3)4/h5-10,13-14,25H,11-12H2,1-4H3,(H2,26,27,28,29). The number of fused-ring (bicyclic) bond motifs is 1. The van der Waals surface area contributed by atoms with Crippen LogP contribution in [-0.2, 0) is 5.41 Å². The van der Waals surface area contributed by atoms with E-state index in [2.05, 4.69) is 89.5 Å². The third-order valence-corrected chi connectivity index (χ3v) is 7.08. The van der Waals surface area contributed by atoms with Gasteiger partial charge in [0, 0.05) is 23.6 Å². The smallest absolute Gasteiger partial charge is 0.229 e. The van der Waals surface area contributed by atoms with E-state index in [1.165, 1.54) is 10.9 Å². The van der Waals surface area contributed by atoms with E-state index >= 15 is 0 Å². The van der Waals surface area contributed by atoms with Crippen LogP contribution in [0.5, 0.6) is 0 Å². The van der Waals surface area contributed by atoms with Crippen molar-refractivity contribution in [2.75, 3.05) is 35.8 Å². The van der Waals surface area contributed by atoms with E-state index in [0.717, 1.165) is 30.0 Å². The lowest BCUT2D eigenvalue weighted by atomic mass is 9.78. The van der Waals surface area contributed by atoms with Gasteiger partial charge in [0.1, 0.15) is 5.02 Å². The predicted molar refractivity (Wildman–Crippen MR) is 131 cm³/mol. The maximum absolute atomic E-state index is 6.39. The van der Waals surface area contributed by atoms with E-state index in [1.807, 2.05) is 6.07 Å². The second-order valence-electron chi connectivity index (χ2n) is 8.37. The molecule has 0 bridgehead atoms. The molecule has 5 nitrogen and oxygen atoms in total. The largest absolute Gasteiger partial charge is 0.385 e. The van der Waals surface area contributed by atoms with Crippen LogP contribution in [0.15, 0.2) is 48.7 Å². The number of halogens is 1. The van der Waals surface area contributed by atoms with E-state index in [4.69, 9.17) is 11.6 Å². The summed E-state index contributed by atoms with van der Waals surface area (Å²) in [5.41, 5.74) is 4.65. The zero-order valence-corrected chi connectivity index (χ0v) is 19.4. The summed E-state index contributed by atoms with van der Waals surface area (Å²) in [5, 5.41) is 12.0. The molecule has 30 heavy (non-hydrogen) atoms. The van der Waals surface area contributed by atoms with E-state index in [-0.39, 0.29) is 13.3 Å². The van der Waals surface area contributed by atoms with Gasteiger partial charge >= 0.3 is 0 Å². The molecule has 156 valence electrons. The molecule has 3 aromatic rings. The predicted octanol–water partition coefficient (Wildman–Crippen LogP) is 6.08. The average Bonchev–Trinajstić information content (AvgIpc) is 2.70.